The zero-order valence-corrected chi connectivity index (χ0v) is 18.2. The molecule has 0 bridgehead atoms. The number of nitrogens with zero attached hydrogens (tertiary/aromatic N) is 2. The van der Waals surface area contributed by atoms with Gasteiger partial charge < -0.3 is 19.0 Å². The fourth-order valence-electron chi connectivity index (χ4n) is 3.81. The molecule has 2 aromatic carbocycles. The second-order valence-electron chi connectivity index (χ2n) is 7.69. The molecular formula is C24H23ClN2O4. The Morgan fingerprint density at radius 1 is 1.23 bits per heavy atom. The van der Waals surface area contributed by atoms with Gasteiger partial charge in [-0.1, -0.05) is 36.4 Å². The minimum atomic E-state index is -0.575. The fraction of sp³-hybridized carbons (Fsp3) is 0.250. The van der Waals surface area contributed by atoms with Crippen LogP contribution in [0.4, 0.5) is 0 Å². The average molecular weight is 439 g/mol. The van der Waals surface area contributed by atoms with Crippen molar-refractivity contribution < 1.29 is 13.9 Å². The lowest BCUT2D eigenvalue weighted by atomic mass is 9.98. The second kappa shape index (κ2) is 8.57. The molecule has 6 nitrogen and oxygen atoms in total. The van der Waals surface area contributed by atoms with Gasteiger partial charge in [-0.2, -0.15) is 0 Å². The number of halogens is 1. The topological polar surface area (TPSA) is 63.0 Å². The number of hydrogen-bond donors (Lipinski definition) is 0. The average Bonchev–Trinajstić information content (AvgIpc) is 3.03. The summed E-state index contributed by atoms with van der Waals surface area (Å²) >= 11 is 6.12. The maximum Gasteiger partial charge on any atom is 0.290 e. The van der Waals surface area contributed by atoms with E-state index in [9.17, 15) is 9.59 Å². The molecule has 4 rings (SSSR count). The van der Waals surface area contributed by atoms with Crippen LogP contribution in [0.25, 0.3) is 11.0 Å². The van der Waals surface area contributed by atoms with E-state index < -0.39 is 6.04 Å². The van der Waals surface area contributed by atoms with Crippen molar-refractivity contribution in [3.8, 4) is 5.75 Å². The van der Waals surface area contributed by atoms with E-state index in [4.69, 9.17) is 20.8 Å². The second-order valence-corrected chi connectivity index (χ2v) is 8.13. The summed E-state index contributed by atoms with van der Waals surface area (Å²) in [6.07, 6.45) is 1.66. The van der Waals surface area contributed by atoms with Crippen LogP contribution in [0.3, 0.4) is 0 Å². The Morgan fingerprint density at radius 3 is 2.77 bits per heavy atom. The Labute approximate surface area is 185 Å². The van der Waals surface area contributed by atoms with E-state index in [2.05, 4.69) is 6.58 Å². The van der Waals surface area contributed by atoms with Gasteiger partial charge in [-0.25, -0.2) is 0 Å². The molecule has 3 aromatic rings. The summed E-state index contributed by atoms with van der Waals surface area (Å²) in [5.74, 6) is 0.424. The molecule has 1 aromatic heterocycles. The summed E-state index contributed by atoms with van der Waals surface area (Å²) in [5, 5.41) is 0.794. The first-order valence-electron chi connectivity index (χ1n) is 9.96. The predicted molar refractivity (Wildman–Crippen MR) is 121 cm³/mol. The lowest BCUT2D eigenvalue weighted by Gasteiger charge is -2.26. The SMILES string of the molecule is C=CCOc1cccc(C2c3c(oc4ccc(Cl)cc4c3=O)C(=O)N2CCN(C)C)c1. The van der Waals surface area contributed by atoms with E-state index in [-0.39, 0.29) is 17.1 Å². The summed E-state index contributed by atoms with van der Waals surface area (Å²) in [4.78, 5) is 30.5. The van der Waals surface area contributed by atoms with Gasteiger partial charge in [-0.15, -0.1) is 0 Å². The highest BCUT2D eigenvalue weighted by Crippen LogP contribution is 2.39. The van der Waals surface area contributed by atoms with Crippen molar-refractivity contribution in [2.75, 3.05) is 33.8 Å². The van der Waals surface area contributed by atoms with E-state index >= 15 is 0 Å². The van der Waals surface area contributed by atoms with Crippen LogP contribution < -0.4 is 10.2 Å². The molecule has 160 valence electrons. The highest BCUT2D eigenvalue weighted by atomic mass is 35.5. The highest BCUT2D eigenvalue weighted by Gasteiger charge is 2.42. The molecular weight excluding hydrogens is 416 g/mol. The molecule has 0 spiro atoms. The van der Waals surface area contributed by atoms with Gasteiger partial charge >= 0.3 is 0 Å². The Bertz CT molecular complexity index is 1220. The summed E-state index contributed by atoms with van der Waals surface area (Å²) < 4.78 is 11.6. The fourth-order valence-corrected chi connectivity index (χ4v) is 3.98. The molecule has 1 unspecified atom stereocenters. The third kappa shape index (κ3) is 3.96. The monoisotopic (exact) mass is 438 g/mol. The molecule has 1 atom stereocenters. The first-order valence-corrected chi connectivity index (χ1v) is 10.3. The molecule has 2 heterocycles. The number of hydrogen-bond acceptors (Lipinski definition) is 5. The summed E-state index contributed by atoms with van der Waals surface area (Å²) in [6, 6.07) is 11.7. The maximum atomic E-state index is 13.5. The molecule has 31 heavy (non-hydrogen) atoms. The zero-order chi connectivity index (χ0) is 22.1. The Morgan fingerprint density at radius 2 is 2.03 bits per heavy atom. The van der Waals surface area contributed by atoms with Crippen LogP contribution in [0.5, 0.6) is 5.75 Å². The van der Waals surface area contributed by atoms with Crippen molar-refractivity contribution in [2.24, 2.45) is 0 Å². The Balaban J connectivity index is 1.90. The minimum Gasteiger partial charge on any atom is -0.490 e. The molecule has 1 amide bonds. The van der Waals surface area contributed by atoms with Gasteiger partial charge in [0, 0.05) is 18.1 Å². The number of carbonyl (C=O) groups is 1. The van der Waals surface area contributed by atoms with E-state index in [1.54, 1.807) is 29.2 Å². The van der Waals surface area contributed by atoms with Crippen LogP contribution in [0, 0.1) is 0 Å². The van der Waals surface area contributed by atoms with Gasteiger partial charge in [-0.05, 0) is 50.0 Å². The Kier molecular flexibility index (Phi) is 5.85. The lowest BCUT2D eigenvalue weighted by molar-refractivity contribution is 0.0716. The predicted octanol–water partition coefficient (Wildman–Crippen LogP) is 4.12. The number of benzene rings is 2. The van der Waals surface area contributed by atoms with E-state index in [0.717, 1.165) is 5.56 Å². The normalized spacial score (nSPS) is 15.5. The van der Waals surface area contributed by atoms with Gasteiger partial charge in [0.25, 0.3) is 5.91 Å². The van der Waals surface area contributed by atoms with Crippen LogP contribution in [0.2, 0.25) is 5.02 Å². The summed E-state index contributed by atoms with van der Waals surface area (Å²) in [6.45, 7) is 5.11. The third-order valence-electron chi connectivity index (χ3n) is 5.26. The first-order chi connectivity index (χ1) is 14.9. The quantitative estimate of drug-likeness (QED) is 0.519. The van der Waals surface area contributed by atoms with Crippen molar-refractivity contribution in [2.45, 2.75) is 6.04 Å². The van der Waals surface area contributed by atoms with E-state index in [0.29, 0.717) is 47.0 Å². The molecule has 0 saturated heterocycles. The van der Waals surface area contributed by atoms with Crippen molar-refractivity contribution in [3.05, 3.63) is 87.3 Å². The molecule has 0 fully saturated rings. The molecule has 0 radical (unpaired) electrons. The van der Waals surface area contributed by atoms with Crippen LogP contribution in [-0.2, 0) is 0 Å². The van der Waals surface area contributed by atoms with Gasteiger partial charge in [0.2, 0.25) is 5.76 Å². The zero-order valence-electron chi connectivity index (χ0n) is 17.4. The number of amides is 1. The molecule has 1 aliphatic heterocycles. The van der Waals surface area contributed by atoms with Crippen LogP contribution in [0.1, 0.15) is 27.7 Å². The number of rotatable bonds is 7. The molecule has 0 N–H and O–H groups in total. The van der Waals surface area contributed by atoms with Crippen molar-refractivity contribution in [3.63, 3.8) is 0 Å². The number of carbonyl (C=O) groups excluding carboxylic acids is 1. The van der Waals surface area contributed by atoms with Crippen LogP contribution in [0.15, 0.2) is 64.3 Å². The maximum absolute atomic E-state index is 13.5. The number of fused-ring (bicyclic) bond motifs is 2. The lowest BCUT2D eigenvalue weighted by Crippen LogP contribution is -2.35. The number of ether oxygens (including phenoxy) is 1. The smallest absolute Gasteiger partial charge is 0.290 e. The summed E-state index contributed by atoms with van der Waals surface area (Å²) in [7, 11) is 3.87. The van der Waals surface area contributed by atoms with Crippen molar-refractivity contribution in [1.82, 2.24) is 9.80 Å². The number of likely N-dealkylation sites (N-methyl/N-ethyl adjacent to an activating group) is 1. The Hall–Kier alpha value is -3.09. The standard InChI is InChI=1S/C24H23ClN2O4/c1-4-12-30-17-7-5-6-15(13-17)21-20-22(28)18-14-16(25)8-9-19(18)31-23(20)24(29)27(21)11-10-26(2)3/h4-9,13-14,21H,1,10-12H2,2-3H3. The highest BCUT2D eigenvalue weighted by molar-refractivity contribution is 6.31. The minimum absolute atomic E-state index is 0.0843. The summed E-state index contributed by atoms with van der Waals surface area (Å²) in [5.41, 5.74) is 1.21. The molecule has 7 heteroatoms. The largest absolute Gasteiger partial charge is 0.490 e. The molecule has 0 aliphatic carbocycles. The van der Waals surface area contributed by atoms with Crippen molar-refractivity contribution in [1.29, 1.82) is 0 Å². The van der Waals surface area contributed by atoms with Gasteiger partial charge in [-0.3, -0.25) is 9.59 Å². The van der Waals surface area contributed by atoms with Crippen molar-refractivity contribution >= 4 is 28.5 Å². The molecule has 1 aliphatic rings. The van der Waals surface area contributed by atoms with Gasteiger partial charge in [0.05, 0.1) is 17.0 Å². The van der Waals surface area contributed by atoms with Gasteiger partial charge in [0.15, 0.2) is 5.43 Å². The third-order valence-corrected chi connectivity index (χ3v) is 5.49. The first kappa shape index (κ1) is 21.2. The van der Waals surface area contributed by atoms with Crippen LogP contribution in [-0.4, -0.2) is 49.5 Å². The van der Waals surface area contributed by atoms with Crippen LogP contribution >= 0.6 is 11.6 Å². The van der Waals surface area contributed by atoms with E-state index in [1.807, 2.05) is 43.3 Å². The van der Waals surface area contributed by atoms with E-state index in [1.165, 1.54) is 0 Å². The molecule has 0 saturated carbocycles. The van der Waals surface area contributed by atoms with Gasteiger partial charge in [0.1, 0.15) is 17.9 Å².